The van der Waals surface area contributed by atoms with Crippen molar-refractivity contribution in [3.63, 3.8) is 0 Å². The number of benzene rings is 4. The summed E-state index contributed by atoms with van der Waals surface area (Å²) in [5.41, 5.74) is 11.4. The molecule has 3 N–H and O–H groups in total. The molecule has 4 aromatic rings. The Morgan fingerprint density at radius 2 is 0.742 bits per heavy atom. The van der Waals surface area contributed by atoms with Gasteiger partial charge in [0.25, 0.3) is 0 Å². The maximum Gasteiger partial charge on any atom is 0.166 e. The zero-order valence-corrected chi connectivity index (χ0v) is 17.7. The molecule has 31 heavy (non-hydrogen) atoms. The zero-order valence-electron chi connectivity index (χ0n) is 17.7. The lowest BCUT2D eigenvalue weighted by Crippen LogP contribution is -2.37. The predicted molar refractivity (Wildman–Crippen MR) is 128 cm³/mol. The van der Waals surface area contributed by atoms with Crippen molar-refractivity contribution >= 4 is 0 Å². The Hall–Kier alpha value is -3.20. The van der Waals surface area contributed by atoms with Crippen molar-refractivity contribution in [3.05, 3.63) is 143 Å². The molecule has 0 heterocycles. The molecule has 4 rings (SSSR count). The summed E-state index contributed by atoms with van der Waals surface area (Å²) < 4.78 is 0. The Labute approximate surface area is 185 Å². The first-order valence-corrected chi connectivity index (χ1v) is 10.9. The standard InChI is InChI=1S/C29H29NO/c30-29(31,27-19-15-25(16-20-27)13-11-23-7-3-1-4-8-23)28-21-17-26(18-22-28)14-12-24-9-5-2-6-10-24/h1-10,15-22,31H,11-14,30H2. The monoisotopic (exact) mass is 407 g/mol. The van der Waals surface area contributed by atoms with Crippen LogP contribution in [0.1, 0.15) is 33.4 Å². The molecule has 0 saturated heterocycles. The number of nitrogens with two attached hydrogens (primary N) is 1. The van der Waals surface area contributed by atoms with Crippen molar-refractivity contribution in [1.29, 1.82) is 0 Å². The van der Waals surface area contributed by atoms with Crippen molar-refractivity contribution in [2.24, 2.45) is 5.73 Å². The smallest absolute Gasteiger partial charge is 0.166 e. The van der Waals surface area contributed by atoms with E-state index < -0.39 is 5.72 Å². The summed E-state index contributed by atoms with van der Waals surface area (Å²) in [6.45, 7) is 0. The number of rotatable bonds is 8. The van der Waals surface area contributed by atoms with E-state index >= 15 is 0 Å². The first kappa shape index (κ1) is 21.0. The van der Waals surface area contributed by atoms with E-state index in [2.05, 4.69) is 72.8 Å². The van der Waals surface area contributed by atoms with Crippen LogP contribution in [0.4, 0.5) is 0 Å². The maximum atomic E-state index is 11.0. The number of hydrogen-bond donors (Lipinski definition) is 2. The quantitative estimate of drug-likeness (QED) is 0.384. The minimum absolute atomic E-state index is 0.702. The molecule has 0 aliphatic rings. The lowest BCUT2D eigenvalue weighted by molar-refractivity contribution is 0.0884. The zero-order chi connectivity index (χ0) is 21.5. The van der Waals surface area contributed by atoms with Gasteiger partial charge in [-0.3, -0.25) is 5.73 Å². The highest BCUT2D eigenvalue weighted by Gasteiger charge is 2.26. The van der Waals surface area contributed by atoms with Crippen LogP contribution in [-0.2, 0) is 31.4 Å². The number of hydrogen-bond acceptors (Lipinski definition) is 2. The Balaban J connectivity index is 1.39. The molecule has 0 fully saturated rings. The molecule has 4 aromatic carbocycles. The Morgan fingerprint density at radius 3 is 1.06 bits per heavy atom. The van der Waals surface area contributed by atoms with E-state index in [1.165, 1.54) is 22.3 Å². The van der Waals surface area contributed by atoms with Gasteiger partial charge in [0.1, 0.15) is 0 Å². The van der Waals surface area contributed by atoms with Gasteiger partial charge in [-0.25, -0.2) is 0 Å². The third-order valence-corrected chi connectivity index (χ3v) is 5.88. The third-order valence-electron chi connectivity index (χ3n) is 5.88. The van der Waals surface area contributed by atoms with Gasteiger partial charge in [-0.15, -0.1) is 0 Å². The maximum absolute atomic E-state index is 11.0. The molecule has 0 aliphatic carbocycles. The van der Waals surface area contributed by atoms with E-state index in [9.17, 15) is 5.11 Å². The first-order chi connectivity index (χ1) is 15.1. The van der Waals surface area contributed by atoms with Gasteiger partial charge >= 0.3 is 0 Å². The van der Waals surface area contributed by atoms with E-state index in [1.807, 2.05) is 36.4 Å². The van der Waals surface area contributed by atoms with Crippen molar-refractivity contribution in [3.8, 4) is 0 Å². The van der Waals surface area contributed by atoms with Crippen LogP contribution in [0.3, 0.4) is 0 Å². The molecule has 0 atom stereocenters. The number of aryl methyl sites for hydroxylation is 4. The summed E-state index contributed by atoms with van der Waals surface area (Å²) in [5.74, 6) is 0. The second-order valence-corrected chi connectivity index (χ2v) is 8.13. The Morgan fingerprint density at radius 1 is 0.452 bits per heavy atom. The van der Waals surface area contributed by atoms with Crippen LogP contribution in [0.5, 0.6) is 0 Å². The lowest BCUT2D eigenvalue weighted by Gasteiger charge is -2.25. The van der Waals surface area contributed by atoms with E-state index in [-0.39, 0.29) is 0 Å². The highest BCUT2D eigenvalue weighted by Crippen LogP contribution is 2.25. The van der Waals surface area contributed by atoms with Crippen LogP contribution in [0.25, 0.3) is 0 Å². The highest BCUT2D eigenvalue weighted by atomic mass is 16.3. The van der Waals surface area contributed by atoms with Crippen LogP contribution in [-0.4, -0.2) is 5.11 Å². The van der Waals surface area contributed by atoms with Gasteiger partial charge in [0.05, 0.1) is 0 Å². The summed E-state index contributed by atoms with van der Waals surface area (Å²) in [6.07, 6.45) is 3.92. The van der Waals surface area contributed by atoms with Crippen LogP contribution >= 0.6 is 0 Å². The molecule has 2 heteroatoms. The van der Waals surface area contributed by atoms with E-state index in [0.29, 0.717) is 11.1 Å². The van der Waals surface area contributed by atoms with E-state index in [1.54, 1.807) is 0 Å². The van der Waals surface area contributed by atoms with E-state index in [4.69, 9.17) is 5.73 Å². The highest BCUT2D eigenvalue weighted by molar-refractivity contribution is 5.38. The van der Waals surface area contributed by atoms with Crippen LogP contribution < -0.4 is 5.73 Å². The van der Waals surface area contributed by atoms with Gasteiger partial charge in [-0.05, 0) is 47.9 Å². The van der Waals surface area contributed by atoms with Crippen molar-refractivity contribution in [2.75, 3.05) is 0 Å². The largest absolute Gasteiger partial charge is 0.368 e. The van der Waals surface area contributed by atoms with Crippen LogP contribution in [0, 0.1) is 0 Å². The molecule has 0 saturated carbocycles. The summed E-state index contributed by atoms with van der Waals surface area (Å²) in [6, 6.07) is 36.9. The topological polar surface area (TPSA) is 46.2 Å². The van der Waals surface area contributed by atoms with E-state index in [0.717, 1.165) is 25.7 Å². The summed E-state index contributed by atoms with van der Waals surface area (Å²) in [5, 5.41) is 11.0. The van der Waals surface area contributed by atoms with Crippen LogP contribution in [0.15, 0.2) is 109 Å². The Bertz CT molecular complexity index is 980. The molecular formula is C29H29NO. The average molecular weight is 408 g/mol. The summed E-state index contributed by atoms with van der Waals surface area (Å²) in [4.78, 5) is 0. The molecule has 0 aliphatic heterocycles. The van der Waals surface area contributed by atoms with Crippen molar-refractivity contribution < 1.29 is 5.11 Å². The fourth-order valence-electron chi connectivity index (χ4n) is 3.88. The SMILES string of the molecule is NC(O)(c1ccc(CCc2ccccc2)cc1)c1ccc(CCc2ccccc2)cc1. The number of aliphatic hydroxyl groups is 1. The molecule has 0 bridgehead atoms. The Kier molecular flexibility index (Phi) is 6.61. The van der Waals surface area contributed by atoms with Crippen molar-refractivity contribution in [1.82, 2.24) is 0 Å². The van der Waals surface area contributed by atoms with Crippen molar-refractivity contribution in [2.45, 2.75) is 31.4 Å². The molecule has 0 spiro atoms. The van der Waals surface area contributed by atoms with Gasteiger partial charge in [0.2, 0.25) is 0 Å². The third kappa shape index (κ3) is 5.49. The fourth-order valence-corrected chi connectivity index (χ4v) is 3.88. The first-order valence-electron chi connectivity index (χ1n) is 10.9. The van der Waals surface area contributed by atoms with Gasteiger partial charge in [0, 0.05) is 11.1 Å². The molecule has 0 aromatic heterocycles. The average Bonchev–Trinajstić information content (AvgIpc) is 2.83. The molecule has 0 amide bonds. The van der Waals surface area contributed by atoms with Gasteiger partial charge < -0.3 is 5.11 Å². The van der Waals surface area contributed by atoms with Gasteiger partial charge in [-0.1, -0.05) is 109 Å². The molecule has 156 valence electrons. The molecule has 2 nitrogen and oxygen atoms in total. The molecular weight excluding hydrogens is 378 g/mol. The fraction of sp³-hybridized carbons (Fsp3) is 0.172. The summed E-state index contributed by atoms with van der Waals surface area (Å²) in [7, 11) is 0. The second kappa shape index (κ2) is 9.74. The normalized spacial score (nSPS) is 11.4. The lowest BCUT2D eigenvalue weighted by atomic mass is 9.92. The predicted octanol–water partition coefficient (Wildman–Crippen LogP) is 5.41. The summed E-state index contributed by atoms with van der Waals surface area (Å²) >= 11 is 0. The van der Waals surface area contributed by atoms with Gasteiger partial charge in [0.15, 0.2) is 5.72 Å². The second-order valence-electron chi connectivity index (χ2n) is 8.13. The molecule has 0 radical (unpaired) electrons. The minimum Gasteiger partial charge on any atom is -0.368 e. The van der Waals surface area contributed by atoms with Gasteiger partial charge in [-0.2, -0.15) is 0 Å². The minimum atomic E-state index is -1.50. The van der Waals surface area contributed by atoms with Crippen LogP contribution in [0.2, 0.25) is 0 Å². The molecule has 0 unspecified atom stereocenters.